The fourth-order valence-electron chi connectivity index (χ4n) is 3.24. The minimum Gasteiger partial charge on any atom is -0.481 e. The molecule has 0 aliphatic heterocycles. The number of hydrogen-bond donors (Lipinski definition) is 1. The van der Waals surface area contributed by atoms with Crippen LogP contribution >= 0.6 is 0 Å². The monoisotopic (exact) mass is 269 g/mol. The van der Waals surface area contributed by atoms with Crippen molar-refractivity contribution < 1.29 is 14.7 Å². The van der Waals surface area contributed by atoms with E-state index in [2.05, 4.69) is 13.8 Å². The Morgan fingerprint density at radius 3 is 2.21 bits per heavy atom. The van der Waals surface area contributed by atoms with Gasteiger partial charge in [-0.05, 0) is 38.5 Å². The number of rotatable bonds is 7. The zero-order chi connectivity index (χ0) is 14.5. The van der Waals surface area contributed by atoms with Gasteiger partial charge in [0.25, 0.3) is 0 Å². The van der Waals surface area contributed by atoms with Crippen molar-refractivity contribution in [1.82, 2.24) is 4.90 Å². The lowest BCUT2D eigenvalue weighted by atomic mass is 9.79. The van der Waals surface area contributed by atoms with Crippen LogP contribution in [0.25, 0.3) is 0 Å². The van der Waals surface area contributed by atoms with Gasteiger partial charge in [0.15, 0.2) is 0 Å². The lowest BCUT2D eigenvalue weighted by Gasteiger charge is -2.33. The Kier molecular flexibility index (Phi) is 5.83. The molecule has 0 saturated heterocycles. The van der Waals surface area contributed by atoms with Crippen LogP contribution in [0.5, 0.6) is 0 Å². The SMILES string of the molecule is CCC(C)N(CC)C(=O)CC1(CC(=O)O)CCCC1. The molecule has 1 atom stereocenters. The van der Waals surface area contributed by atoms with E-state index in [4.69, 9.17) is 5.11 Å². The zero-order valence-electron chi connectivity index (χ0n) is 12.4. The van der Waals surface area contributed by atoms with Crippen LogP contribution in [0, 0.1) is 5.41 Å². The van der Waals surface area contributed by atoms with Gasteiger partial charge in [-0.2, -0.15) is 0 Å². The molecular weight excluding hydrogens is 242 g/mol. The topological polar surface area (TPSA) is 57.6 Å². The summed E-state index contributed by atoms with van der Waals surface area (Å²) in [7, 11) is 0. The number of carbonyl (C=O) groups excluding carboxylic acids is 1. The summed E-state index contributed by atoms with van der Waals surface area (Å²) in [5.41, 5.74) is -0.288. The van der Waals surface area contributed by atoms with Crippen LogP contribution in [0.15, 0.2) is 0 Å². The highest BCUT2D eigenvalue weighted by molar-refractivity contribution is 5.78. The van der Waals surface area contributed by atoms with Crippen molar-refractivity contribution >= 4 is 11.9 Å². The number of carboxylic acid groups (broad SMARTS) is 1. The number of amides is 1. The Balaban J connectivity index is 2.73. The molecule has 1 saturated carbocycles. The maximum atomic E-state index is 12.5. The molecule has 4 nitrogen and oxygen atoms in total. The normalized spacial score (nSPS) is 19.1. The molecule has 0 radical (unpaired) electrons. The van der Waals surface area contributed by atoms with Crippen molar-refractivity contribution in [3.63, 3.8) is 0 Å². The van der Waals surface area contributed by atoms with Gasteiger partial charge in [-0.1, -0.05) is 19.8 Å². The summed E-state index contributed by atoms with van der Waals surface area (Å²) >= 11 is 0. The van der Waals surface area contributed by atoms with Crippen LogP contribution in [0.3, 0.4) is 0 Å². The lowest BCUT2D eigenvalue weighted by Crippen LogP contribution is -2.41. The van der Waals surface area contributed by atoms with E-state index in [-0.39, 0.29) is 23.8 Å². The number of carbonyl (C=O) groups is 2. The van der Waals surface area contributed by atoms with Gasteiger partial charge < -0.3 is 10.0 Å². The molecule has 0 heterocycles. The second-order valence-corrected chi connectivity index (χ2v) is 5.89. The Hall–Kier alpha value is -1.06. The third-order valence-corrected chi connectivity index (χ3v) is 4.50. The Bertz CT molecular complexity index is 321. The zero-order valence-corrected chi connectivity index (χ0v) is 12.4. The van der Waals surface area contributed by atoms with Gasteiger partial charge in [-0.25, -0.2) is 0 Å². The first-order valence-corrected chi connectivity index (χ1v) is 7.45. The summed E-state index contributed by atoms with van der Waals surface area (Å²) in [5.74, 6) is -0.652. The van der Waals surface area contributed by atoms with Crippen LogP contribution in [0.2, 0.25) is 0 Å². The number of carboxylic acids is 1. The van der Waals surface area contributed by atoms with Crippen molar-refractivity contribution in [2.45, 2.75) is 71.8 Å². The molecule has 19 heavy (non-hydrogen) atoms. The third kappa shape index (κ3) is 4.22. The first-order chi connectivity index (χ1) is 8.94. The number of nitrogens with zero attached hydrogens (tertiary/aromatic N) is 1. The van der Waals surface area contributed by atoms with Crippen LogP contribution in [0.4, 0.5) is 0 Å². The standard InChI is InChI=1S/C15H27NO3/c1-4-12(3)16(5-2)13(17)10-15(11-14(18)19)8-6-7-9-15/h12H,4-11H2,1-3H3,(H,18,19). The highest BCUT2D eigenvalue weighted by Crippen LogP contribution is 2.44. The van der Waals surface area contributed by atoms with E-state index in [0.29, 0.717) is 13.0 Å². The van der Waals surface area contributed by atoms with E-state index in [1.54, 1.807) is 0 Å². The van der Waals surface area contributed by atoms with E-state index in [1.165, 1.54) is 0 Å². The average Bonchev–Trinajstić information content (AvgIpc) is 2.76. The average molecular weight is 269 g/mol. The molecule has 1 N–H and O–H groups in total. The summed E-state index contributed by atoms with van der Waals surface area (Å²) in [6.45, 7) is 6.82. The second kappa shape index (κ2) is 6.92. The fraction of sp³-hybridized carbons (Fsp3) is 0.867. The van der Waals surface area contributed by atoms with E-state index in [9.17, 15) is 9.59 Å². The molecule has 1 aliphatic rings. The molecule has 0 bridgehead atoms. The van der Waals surface area contributed by atoms with Gasteiger partial charge >= 0.3 is 5.97 Å². The fourth-order valence-corrected chi connectivity index (χ4v) is 3.24. The second-order valence-electron chi connectivity index (χ2n) is 5.89. The third-order valence-electron chi connectivity index (χ3n) is 4.50. The van der Waals surface area contributed by atoms with Gasteiger partial charge in [0.1, 0.15) is 0 Å². The summed E-state index contributed by atoms with van der Waals surface area (Å²) in [6, 6.07) is 0.237. The summed E-state index contributed by atoms with van der Waals surface area (Å²) in [6.07, 6.45) is 5.33. The maximum Gasteiger partial charge on any atom is 0.303 e. The van der Waals surface area contributed by atoms with Crippen LogP contribution in [-0.2, 0) is 9.59 Å². The first kappa shape index (κ1) is 16.0. The van der Waals surface area contributed by atoms with E-state index < -0.39 is 5.97 Å². The van der Waals surface area contributed by atoms with Crippen LogP contribution in [-0.4, -0.2) is 34.5 Å². The smallest absolute Gasteiger partial charge is 0.303 e. The van der Waals surface area contributed by atoms with Crippen LogP contribution < -0.4 is 0 Å². The van der Waals surface area contributed by atoms with Crippen molar-refractivity contribution in [1.29, 1.82) is 0 Å². The summed E-state index contributed by atoms with van der Waals surface area (Å²) < 4.78 is 0. The molecule has 0 aromatic heterocycles. The number of hydrogen-bond acceptors (Lipinski definition) is 2. The Morgan fingerprint density at radius 2 is 1.79 bits per heavy atom. The molecule has 1 rings (SSSR count). The molecule has 0 aromatic carbocycles. The molecule has 1 fully saturated rings. The van der Waals surface area contributed by atoms with Crippen LogP contribution in [0.1, 0.15) is 65.7 Å². The Labute approximate surface area is 116 Å². The quantitative estimate of drug-likeness (QED) is 0.772. The lowest BCUT2D eigenvalue weighted by molar-refractivity contribution is -0.142. The predicted octanol–water partition coefficient (Wildman–Crippen LogP) is 3.06. The minimum absolute atomic E-state index is 0.125. The van der Waals surface area contributed by atoms with E-state index >= 15 is 0 Å². The molecule has 110 valence electrons. The van der Waals surface area contributed by atoms with E-state index in [0.717, 1.165) is 32.1 Å². The molecule has 0 spiro atoms. The van der Waals surface area contributed by atoms with E-state index in [1.807, 2.05) is 11.8 Å². The highest BCUT2D eigenvalue weighted by Gasteiger charge is 2.39. The van der Waals surface area contributed by atoms with Crippen molar-refractivity contribution in [2.24, 2.45) is 5.41 Å². The highest BCUT2D eigenvalue weighted by atomic mass is 16.4. The molecule has 0 aromatic rings. The van der Waals surface area contributed by atoms with Crippen molar-refractivity contribution in [2.75, 3.05) is 6.54 Å². The Morgan fingerprint density at radius 1 is 1.21 bits per heavy atom. The maximum absolute atomic E-state index is 12.5. The largest absolute Gasteiger partial charge is 0.481 e. The first-order valence-electron chi connectivity index (χ1n) is 7.45. The molecule has 4 heteroatoms. The summed E-state index contributed by atoms with van der Waals surface area (Å²) in [4.78, 5) is 25.4. The predicted molar refractivity (Wildman–Crippen MR) is 74.9 cm³/mol. The molecule has 1 unspecified atom stereocenters. The molecular formula is C15H27NO3. The van der Waals surface area contributed by atoms with Crippen molar-refractivity contribution in [3.05, 3.63) is 0 Å². The van der Waals surface area contributed by atoms with Crippen molar-refractivity contribution in [3.8, 4) is 0 Å². The molecule has 1 aliphatic carbocycles. The van der Waals surface area contributed by atoms with Gasteiger partial charge in [0.2, 0.25) is 5.91 Å². The number of aliphatic carboxylic acids is 1. The van der Waals surface area contributed by atoms with Gasteiger partial charge in [-0.3, -0.25) is 9.59 Å². The van der Waals surface area contributed by atoms with Gasteiger partial charge in [0, 0.05) is 19.0 Å². The summed E-state index contributed by atoms with van der Waals surface area (Å²) in [5, 5.41) is 9.08. The minimum atomic E-state index is -0.777. The molecule has 1 amide bonds. The van der Waals surface area contributed by atoms with Gasteiger partial charge in [-0.15, -0.1) is 0 Å². The van der Waals surface area contributed by atoms with Gasteiger partial charge in [0.05, 0.1) is 6.42 Å².